The van der Waals surface area contributed by atoms with Gasteiger partial charge in [0.15, 0.2) is 8.32 Å². The van der Waals surface area contributed by atoms with Gasteiger partial charge in [0, 0.05) is 0 Å². The first-order chi connectivity index (χ1) is 20.1. The molecule has 14 heteroatoms. The molecule has 0 bridgehead atoms. The third-order valence-electron chi connectivity index (χ3n) is 4.72. The predicted octanol–water partition coefficient (Wildman–Crippen LogP) is 1.01. The average molecular weight is 619 g/mol. The molecule has 0 unspecified atom stereocenters. The number of aliphatic hydroxyl groups excluding tert-OH is 1. The van der Waals surface area contributed by atoms with E-state index in [1.807, 2.05) is 0 Å². The third-order valence-corrected chi connectivity index (χ3v) is 5.79. The second-order valence-electron chi connectivity index (χ2n) is 9.42. The summed E-state index contributed by atoms with van der Waals surface area (Å²) in [6.07, 6.45) is 0. The van der Waals surface area contributed by atoms with E-state index in [1.165, 1.54) is 0 Å². The van der Waals surface area contributed by atoms with Gasteiger partial charge in [0.05, 0.1) is 159 Å². The number of aliphatic hydroxyl groups is 1. The molecule has 0 aromatic rings. The van der Waals surface area contributed by atoms with Crippen molar-refractivity contribution in [3.63, 3.8) is 0 Å². The minimum atomic E-state index is -1.45. The van der Waals surface area contributed by atoms with Crippen molar-refractivity contribution in [1.82, 2.24) is 0 Å². The molecule has 0 aliphatic rings. The summed E-state index contributed by atoms with van der Waals surface area (Å²) >= 11 is 0. The molecule has 13 nitrogen and oxygen atoms in total. The van der Waals surface area contributed by atoms with E-state index in [0.717, 1.165) is 0 Å². The predicted molar refractivity (Wildman–Crippen MR) is 155 cm³/mol. The van der Waals surface area contributed by atoms with Gasteiger partial charge in [-0.15, -0.1) is 0 Å². The first-order valence-electron chi connectivity index (χ1n) is 14.7. The van der Waals surface area contributed by atoms with Crippen LogP contribution in [-0.2, 0) is 56.5 Å². The molecule has 0 saturated carbocycles. The van der Waals surface area contributed by atoms with Crippen LogP contribution in [0.3, 0.4) is 0 Å². The molecular weight excluding hydrogens is 560 g/mol. The van der Waals surface area contributed by atoms with Gasteiger partial charge >= 0.3 is 0 Å². The Morgan fingerprint density at radius 3 is 0.634 bits per heavy atom. The standard InChI is InChI=1S/C27H58O13Si/c1-41(2,3)40-27-26-39-25-24-38-23-22-37-21-20-36-19-18-35-17-16-34-15-14-33-13-12-32-11-10-31-9-8-30-7-6-29-5-4-28/h28H,4-27H2,1-3H3. The van der Waals surface area contributed by atoms with E-state index in [0.29, 0.717) is 152 Å². The van der Waals surface area contributed by atoms with E-state index in [2.05, 4.69) is 19.6 Å². The zero-order chi connectivity index (χ0) is 30.0. The van der Waals surface area contributed by atoms with E-state index in [-0.39, 0.29) is 6.61 Å². The van der Waals surface area contributed by atoms with Crippen LogP contribution in [0.2, 0.25) is 19.6 Å². The van der Waals surface area contributed by atoms with Crippen LogP contribution in [-0.4, -0.2) is 172 Å². The van der Waals surface area contributed by atoms with Gasteiger partial charge in [-0.1, -0.05) is 0 Å². The lowest BCUT2D eigenvalue weighted by Crippen LogP contribution is -2.27. The van der Waals surface area contributed by atoms with Crippen molar-refractivity contribution in [2.45, 2.75) is 19.6 Å². The summed E-state index contributed by atoms with van der Waals surface area (Å²) in [4.78, 5) is 0. The van der Waals surface area contributed by atoms with E-state index in [1.54, 1.807) is 0 Å². The number of ether oxygens (including phenoxy) is 11. The highest BCUT2D eigenvalue weighted by molar-refractivity contribution is 6.69. The quantitative estimate of drug-likeness (QED) is 0.0793. The maximum Gasteiger partial charge on any atom is 0.183 e. The fraction of sp³-hybridized carbons (Fsp3) is 1.00. The first-order valence-corrected chi connectivity index (χ1v) is 18.1. The molecule has 0 amide bonds. The Bertz CT molecular complexity index is 487. The molecule has 0 aliphatic heterocycles. The highest BCUT2D eigenvalue weighted by atomic mass is 28.4. The summed E-state index contributed by atoms with van der Waals surface area (Å²) in [5.74, 6) is 0. The van der Waals surface area contributed by atoms with Crippen LogP contribution in [0.25, 0.3) is 0 Å². The summed E-state index contributed by atoms with van der Waals surface area (Å²) in [7, 11) is -1.45. The first kappa shape index (κ1) is 40.7. The minimum Gasteiger partial charge on any atom is -0.415 e. The third kappa shape index (κ3) is 39.7. The molecule has 248 valence electrons. The van der Waals surface area contributed by atoms with Gasteiger partial charge in [-0.2, -0.15) is 0 Å². The van der Waals surface area contributed by atoms with E-state index in [4.69, 9.17) is 61.6 Å². The van der Waals surface area contributed by atoms with Crippen molar-refractivity contribution in [2.24, 2.45) is 0 Å². The lowest BCUT2D eigenvalue weighted by molar-refractivity contribution is -0.0280. The van der Waals surface area contributed by atoms with Crippen LogP contribution in [0.1, 0.15) is 0 Å². The lowest BCUT2D eigenvalue weighted by Gasteiger charge is -2.16. The Morgan fingerprint density at radius 2 is 0.463 bits per heavy atom. The SMILES string of the molecule is C[Si](C)(C)OCCOCCOCCOCCOCCOCCOCCOCCOCCOCCOCCOCCO. The smallest absolute Gasteiger partial charge is 0.183 e. The molecule has 0 aromatic carbocycles. The van der Waals surface area contributed by atoms with Gasteiger partial charge in [-0.05, 0) is 19.6 Å². The second kappa shape index (κ2) is 34.2. The van der Waals surface area contributed by atoms with Crippen LogP contribution in [0, 0.1) is 0 Å². The van der Waals surface area contributed by atoms with Crippen LogP contribution in [0.15, 0.2) is 0 Å². The van der Waals surface area contributed by atoms with Gasteiger partial charge in [0.2, 0.25) is 0 Å². The topological polar surface area (TPSA) is 131 Å². The molecule has 1 N–H and O–H groups in total. The average Bonchev–Trinajstić information content (AvgIpc) is 2.94. The lowest BCUT2D eigenvalue weighted by atomic mass is 10.6. The second-order valence-corrected chi connectivity index (χ2v) is 13.9. The molecule has 0 fully saturated rings. The Labute approximate surface area is 248 Å². The van der Waals surface area contributed by atoms with Gasteiger partial charge < -0.3 is 61.6 Å². The summed E-state index contributed by atoms with van der Waals surface area (Å²) in [5.41, 5.74) is 0. The minimum absolute atomic E-state index is 0.0268. The van der Waals surface area contributed by atoms with Crippen LogP contribution < -0.4 is 0 Å². The summed E-state index contributed by atoms with van der Waals surface area (Å²) < 4.78 is 65.2. The maximum absolute atomic E-state index is 8.57. The summed E-state index contributed by atoms with van der Waals surface area (Å²) in [5, 5.41) is 8.57. The van der Waals surface area contributed by atoms with E-state index < -0.39 is 8.32 Å². The van der Waals surface area contributed by atoms with Crippen molar-refractivity contribution in [1.29, 1.82) is 0 Å². The highest BCUT2D eigenvalue weighted by Crippen LogP contribution is 2.01. The normalized spacial score (nSPS) is 12.0. The summed E-state index contributed by atoms with van der Waals surface area (Å²) in [6.45, 7) is 18.4. The van der Waals surface area contributed by atoms with Gasteiger partial charge in [-0.3, -0.25) is 0 Å². The molecule has 0 rings (SSSR count). The largest absolute Gasteiger partial charge is 0.415 e. The maximum atomic E-state index is 8.57. The molecule has 0 spiro atoms. The molecule has 41 heavy (non-hydrogen) atoms. The Hall–Kier alpha value is -0.303. The van der Waals surface area contributed by atoms with Crippen LogP contribution in [0.4, 0.5) is 0 Å². The Balaban J connectivity index is 3.04. The fourth-order valence-electron chi connectivity index (χ4n) is 2.77. The van der Waals surface area contributed by atoms with Crippen LogP contribution >= 0.6 is 0 Å². The number of rotatable bonds is 36. The molecule has 0 aromatic heterocycles. The zero-order valence-corrected chi connectivity index (χ0v) is 26.8. The van der Waals surface area contributed by atoms with Gasteiger partial charge in [0.25, 0.3) is 0 Å². The van der Waals surface area contributed by atoms with Crippen molar-refractivity contribution in [3.8, 4) is 0 Å². The Morgan fingerprint density at radius 1 is 0.293 bits per heavy atom. The number of hydrogen-bond acceptors (Lipinski definition) is 13. The van der Waals surface area contributed by atoms with Crippen molar-refractivity contribution < 1.29 is 61.6 Å². The Kier molecular flexibility index (Phi) is 33.9. The van der Waals surface area contributed by atoms with Gasteiger partial charge in [-0.25, -0.2) is 0 Å². The molecule has 0 atom stereocenters. The fourth-order valence-corrected chi connectivity index (χ4v) is 3.47. The molecule has 0 aliphatic carbocycles. The molecule has 0 saturated heterocycles. The summed E-state index contributed by atoms with van der Waals surface area (Å²) in [6, 6.07) is 0. The number of hydrogen-bond donors (Lipinski definition) is 1. The monoisotopic (exact) mass is 618 g/mol. The van der Waals surface area contributed by atoms with Crippen molar-refractivity contribution in [2.75, 3.05) is 159 Å². The van der Waals surface area contributed by atoms with E-state index >= 15 is 0 Å². The molecule has 0 radical (unpaired) electrons. The van der Waals surface area contributed by atoms with Crippen LogP contribution in [0.5, 0.6) is 0 Å². The molecular formula is C27H58O13Si. The molecule has 0 heterocycles. The van der Waals surface area contributed by atoms with Crippen molar-refractivity contribution >= 4 is 8.32 Å². The van der Waals surface area contributed by atoms with E-state index in [9.17, 15) is 0 Å². The highest BCUT2D eigenvalue weighted by Gasteiger charge is 2.13. The van der Waals surface area contributed by atoms with Crippen molar-refractivity contribution in [3.05, 3.63) is 0 Å². The van der Waals surface area contributed by atoms with Gasteiger partial charge in [0.1, 0.15) is 0 Å². The zero-order valence-electron chi connectivity index (χ0n) is 25.8.